The summed E-state index contributed by atoms with van der Waals surface area (Å²) < 4.78 is 35.1. The van der Waals surface area contributed by atoms with Crippen LogP contribution in [0, 0.1) is 0 Å². The molecular weight excluding hydrogens is 438 g/mol. The third kappa shape index (κ3) is 5.33. The Balaban J connectivity index is 2.06. The van der Waals surface area contributed by atoms with Crippen LogP contribution in [0.25, 0.3) is 10.2 Å². The molecular formula is C21H25N3O5S2. The molecule has 0 saturated heterocycles. The summed E-state index contributed by atoms with van der Waals surface area (Å²) in [5.41, 5.74) is 1.05. The molecule has 0 aliphatic rings. The number of nitrogens with zero attached hydrogens (tertiary/aromatic N) is 3. The van der Waals surface area contributed by atoms with Gasteiger partial charge in [0, 0.05) is 31.0 Å². The van der Waals surface area contributed by atoms with Crippen LogP contribution in [-0.2, 0) is 9.84 Å². The van der Waals surface area contributed by atoms with Crippen LogP contribution in [0.2, 0.25) is 0 Å². The predicted octanol–water partition coefficient (Wildman–Crippen LogP) is 2.93. The fourth-order valence-electron chi connectivity index (χ4n) is 2.91. The Bertz CT molecular complexity index is 1180. The van der Waals surface area contributed by atoms with Gasteiger partial charge >= 0.3 is 0 Å². The molecule has 31 heavy (non-hydrogen) atoms. The molecule has 0 fully saturated rings. The second-order valence-electron chi connectivity index (χ2n) is 7.26. The zero-order valence-corrected chi connectivity index (χ0v) is 19.7. The van der Waals surface area contributed by atoms with Crippen molar-refractivity contribution >= 4 is 42.4 Å². The fraction of sp³-hybridized carbons (Fsp3) is 0.333. The summed E-state index contributed by atoms with van der Waals surface area (Å²) in [4.78, 5) is 21.8. The molecule has 0 unspecified atom stereocenters. The minimum absolute atomic E-state index is 0.221. The van der Waals surface area contributed by atoms with E-state index in [1.165, 1.54) is 37.9 Å². The van der Waals surface area contributed by atoms with Gasteiger partial charge in [0.25, 0.3) is 5.91 Å². The third-order valence-electron chi connectivity index (χ3n) is 4.62. The Morgan fingerprint density at radius 3 is 2.23 bits per heavy atom. The van der Waals surface area contributed by atoms with Crippen LogP contribution in [0.15, 0.2) is 41.3 Å². The van der Waals surface area contributed by atoms with Gasteiger partial charge in [0.1, 0.15) is 11.5 Å². The summed E-state index contributed by atoms with van der Waals surface area (Å²) >= 11 is 1.28. The SMILES string of the molecule is COc1cc(OC)cc(C(=O)N(CCN(C)C)c2nc3ccc(S(C)(=O)=O)cc3s2)c1. The normalized spacial score (nSPS) is 11.7. The number of thiazole rings is 1. The minimum atomic E-state index is -3.34. The van der Waals surface area contributed by atoms with Gasteiger partial charge in [-0.2, -0.15) is 0 Å². The van der Waals surface area contributed by atoms with Gasteiger partial charge in [0.05, 0.1) is 29.3 Å². The number of benzene rings is 2. The number of hydrogen-bond donors (Lipinski definition) is 0. The maximum Gasteiger partial charge on any atom is 0.260 e. The first-order valence-corrected chi connectivity index (χ1v) is 12.1. The summed E-state index contributed by atoms with van der Waals surface area (Å²) in [5, 5.41) is 0.495. The number of likely N-dealkylation sites (N-methyl/N-ethyl adjacent to an activating group) is 1. The van der Waals surface area contributed by atoms with Gasteiger partial charge in [-0.25, -0.2) is 13.4 Å². The van der Waals surface area contributed by atoms with E-state index in [1.807, 2.05) is 19.0 Å². The zero-order chi connectivity index (χ0) is 22.8. The summed E-state index contributed by atoms with van der Waals surface area (Å²) in [6.07, 6.45) is 1.17. The number of fused-ring (bicyclic) bond motifs is 1. The highest BCUT2D eigenvalue weighted by Gasteiger charge is 2.23. The maximum absolute atomic E-state index is 13.5. The number of rotatable bonds is 8. The zero-order valence-electron chi connectivity index (χ0n) is 18.1. The largest absolute Gasteiger partial charge is 0.497 e. The van der Waals surface area contributed by atoms with Gasteiger partial charge in [-0.15, -0.1) is 0 Å². The van der Waals surface area contributed by atoms with Crippen molar-refractivity contribution in [3.8, 4) is 11.5 Å². The summed E-state index contributed by atoms with van der Waals surface area (Å²) in [6.45, 7) is 1.03. The highest BCUT2D eigenvalue weighted by atomic mass is 32.2. The van der Waals surface area contributed by atoms with E-state index in [0.717, 1.165) is 0 Å². The molecule has 8 nitrogen and oxygen atoms in total. The van der Waals surface area contributed by atoms with Crippen LogP contribution in [0.5, 0.6) is 11.5 Å². The average Bonchev–Trinajstić information content (AvgIpc) is 3.15. The molecule has 0 N–H and O–H groups in total. The number of carbonyl (C=O) groups is 1. The molecule has 3 aromatic rings. The first-order valence-electron chi connectivity index (χ1n) is 9.42. The standard InChI is InChI=1S/C21H25N3O5S2/c1-23(2)8-9-24(20(25)14-10-15(28-3)12-16(11-14)29-4)21-22-18-7-6-17(31(5,26)27)13-19(18)30-21/h6-7,10-13H,8-9H2,1-5H3. The molecule has 0 aliphatic carbocycles. The number of carbonyl (C=O) groups excluding carboxylic acids is 1. The lowest BCUT2D eigenvalue weighted by Crippen LogP contribution is -2.36. The van der Waals surface area contributed by atoms with Crippen molar-refractivity contribution in [2.24, 2.45) is 0 Å². The van der Waals surface area contributed by atoms with E-state index < -0.39 is 9.84 Å². The van der Waals surface area contributed by atoms with Crippen molar-refractivity contribution in [1.29, 1.82) is 0 Å². The van der Waals surface area contributed by atoms with Gasteiger partial charge in [-0.05, 0) is 44.4 Å². The van der Waals surface area contributed by atoms with Crippen LogP contribution < -0.4 is 14.4 Å². The minimum Gasteiger partial charge on any atom is -0.497 e. The molecule has 3 rings (SSSR count). The topological polar surface area (TPSA) is 89.0 Å². The summed E-state index contributed by atoms with van der Waals surface area (Å²) in [7, 11) is 3.57. The molecule has 1 aromatic heterocycles. The van der Waals surface area contributed by atoms with Crippen LogP contribution in [0.1, 0.15) is 10.4 Å². The van der Waals surface area contributed by atoms with E-state index in [9.17, 15) is 13.2 Å². The number of aromatic nitrogens is 1. The van der Waals surface area contributed by atoms with E-state index >= 15 is 0 Å². The lowest BCUT2D eigenvalue weighted by molar-refractivity contribution is 0.0984. The molecule has 0 radical (unpaired) electrons. The van der Waals surface area contributed by atoms with Crippen molar-refractivity contribution in [2.75, 3.05) is 52.6 Å². The number of sulfone groups is 1. The maximum atomic E-state index is 13.5. The van der Waals surface area contributed by atoms with Gasteiger partial charge in [0.15, 0.2) is 15.0 Å². The molecule has 0 bridgehead atoms. The molecule has 1 amide bonds. The molecule has 10 heteroatoms. The van der Waals surface area contributed by atoms with E-state index in [2.05, 4.69) is 4.98 Å². The van der Waals surface area contributed by atoms with Gasteiger partial charge in [0.2, 0.25) is 0 Å². The second-order valence-corrected chi connectivity index (χ2v) is 10.3. The fourth-order valence-corrected chi connectivity index (χ4v) is 4.66. The van der Waals surface area contributed by atoms with Crippen molar-refractivity contribution in [3.63, 3.8) is 0 Å². The van der Waals surface area contributed by atoms with Crippen LogP contribution in [0.3, 0.4) is 0 Å². The van der Waals surface area contributed by atoms with Crippen molar-refractivity contribution < 1.29 is 22.7 Å². The van der Waals surface area contributed by atoms with Crippen LogP contribution in [0.4, 0.5) is 5.13 Å². The number of methoxy groups -OCH3 is 2. The first-order chi connectivity index (χ1) is 14.6. The van der Waals surface area contributed by atoms with E-state index in [0.29, 0.717) is 45.5 Å². The number of hydrogen-bond acceptors (Lipinski definition) is 8. The highest BCUT2D eigenvalue weighted by Crippen LogP contribution is 2.32. The molecule has 166 valence electrons. The Morgan fingerprint density at radius 2 is 1.68 bits per heavy atom. The van der Waals surface area contributed by atoms with E-state index in [1.54, 1.807) is 35.2 Å². The van der Waals surface area contributed by atoms with E-state index in [4.69, 9.17) is 9.47 Å². The quantitative estimate of drug-likeness (QED) is 0.507. The lowest BCUT2D eigenvalue weighted by Gasteiger charge is -2.22. The highest BCUT2D eigenvalue weighted by molar-refractivity contribution is 7.90. The Morgan fingerprint density at radius 1 is 1.03 bits per heavy atom. The Hall–Kier alpha value is -2.69. The Kier molecular flexibility index (Phi) is 6.83. The monoisotopic (exact) mass is 463 g/mol. The molecule has 2 aromatic carbocycles. The van der Waals surface area contributed by atoms with Gasteiger partial charge < -0.3 is 14.4 Å². The number of amides is 1. The van der Waals surface area contributed by atoms with Crippen LogP contribution >= 0.6 is 11.3 Å². The van der Waals surface area contributed by atoms with E-state index in [-0.39, 0.29) is 10.8 Å². The Labute approximate surface area is 185 Å². The van der Waals surface area contributed by atoms with Crippen molar-refractivity contribution in [3.05, 3.63) is 42.0 Å². The summed E-state index contributed by atoms with van der Waals surface area (Å²) in [5.74, 6) is 0.774. The third-order valence-corrected chi connectivity index (χ3v) is 6.77. The summed E-state index contributed by atoms with van der Waals surface area (Å²) in [6, 6.07) is 9.79. The molecule has 1 heterocycles. The second kappa shape index (κ2) is 9.21. The predicted molar refractivity (Wildman–Crippen MR) is 123 cm³/mol. The molecule has 0 spiro atoms. The molecule has 0 aliphatic heterocycles. The molecule has 0 atom stereocenters. The first kappa shape index (κ1) is 23.0. The van der Waals surface area contributed by atoms with Gasteiger partial charge in [-0.3, -0.25) is 9.69 Å². The van der Waals surface area contributed by atoms with Crippen LogP contribution in [-0.4, -0.2) is 71.9 Å². The van der Waals surface area contributed by atoms with Crippen molar-refractivity contribution in [1.82, 2.24) is 9.88 Å². The number of ether oxygens (including phenoxy) is 2. The smallest absolute Gasteiger partial charge is 0.260 e. The molecule has 0 saturated carbocycles. The average molecular weight is 464 g/mol. The van der Waals surface area contributed by atoms with Gasteiger partial charge in [-0.1, -0.05) is 11.3 Å². The number of anilines is 1. The lowest BCUT2D eigenvalue weighted by atomic mass is 10.1. The van der Waals surface area contributed by atoms with Crippen molar-refractivity contribution in [2.45, 2.75) is 4.90 Å².